The molecule has 104 valence electrons. The Morgan fingerprint density at radius 2 is 2.05 bits per heavy atom. The molecule has 3 aliphatic rings. The first-order chi connectivity index (χ1) is 9.53. The summed E-state index contributed by atoms with van der Waals surface area (Å²) in [6.45, 7) is 0. The van der Waals surface area contributed by atoms with E-state index in [1.54, 1.807) is 18.2 Å². The average molecular weight is 291 g/mol. The van der Waals surface area contributed by atoms with E-state index in [9.17, 15) is 8.42 Å². The van der Waals surface area contributed by atoms with Gasteiger partial charge in [0.1, 0.15) is 23.6 Å². The highest BCUT2D eigenvalue weighted by molar-refractivity contribution is 7.91. The quantitative estimate of drug-likeness (QED) is 0.674. The number of sulfone groups is 1. The summed E-state index contributed by atoms with van der Waals surface area (Å²) in [6.07, 6.45) is 0.846. The molecule has 1 unspecified atom stereocenters. The van der Waals surface area contributed by atoms with Crippen molar-refractivity contribution in [1.29, 1.82) is 5.26 Å². The van der Waals surface area contributed by atoms with Gasteiger partial charge >= 0.3 is 0 Å². The predicted molar refractivity (Wildman–Crippen MR) is 70.0 cm³/mol. The Balaban J connectivity index is 1.70. The number of hydrogen-bond donors (Lipinski definition) is 0. The Bertz CT molecular complexity index is 720. The molecule has 2 fully saturated rings. The number of nitrogens with zero attached hydrogens (tertiary/aromatic N) is 1. The highest BCUT2D eigenvalue weighted by atomic mass is 32.2. The van der Waals surface area contributed by atoms with Crippen molar-refractivity contribution in [3.63, 3.8) is 0 Å². The van der Waals surface area contributed by atoms with Gasteiger partial charge in [0.05, 0.1) is 23.1 Å². The highest BCUT2D eigenvalue weighted by Gasteiger charge is 2.62. The van der Waals surface area contributed by atoms with Crippen LogP contribution in [0.5, 0.6) is 5.75 Å². The van der Waals surface area contributed by atoms with Gasteiger partial charge in [0.2, 0.25) is 0 Å². The molecule has 2 saturated heterocycles. The van der Waals surface area contributed by atoms with E-state index in [4.69, 9.17) is 14.7 Å². The van der Waals surface area contributed by atoms with Crippen molar-refractivity contribution >= 4 is 9.84 Å². The van der Waals surface area contributed by atoms with Gasteiger partial charge in [-0.25, -0.2) is 8.42 Å². The van der Waals surface area contributed by atoms with E-state index in [1.807, 2.05) is 0 Å². The van der Waals surface area contributed by atoms with Crippen LogP contribution < -0.4 is 4.74 Å². The summed E-state index contributed by atoms with van der Waals surface area (Å²) in [5.41, 5.74) is 0.994. The lowest BCUT2D eigenvalue weighted by molar-refractivity contribution is 0.0259. The molecule has 1 aromatic carbocycles. The van der Waals surface area contributed by atoms with E-state index in [1.165, 1.54) is 0 Å². The van der Waals surface area contributed by atoms with Crippen LogP contribution in [0.3, 0.4) is 0 Å². The van der Waals surface area contributed by atoms with Crippen LogP contribution in [-0.2, 0) is 14.6 Å². The van der Waals surface area contributed by atoms with Crippen molar-refractivity contribution in [2.45, 2.75) is 30.7 Å². The lowest BCUT2D eigenvalue weighted by Gasteiger charge is -2.39. The molecule has 3 aliphatic heterocycles. The molecule has 20 heavy (non-hydrogen) atoms. The maximum absolute atomic E-state index is 11.6. The average Bonchev–Trinajstić information content (AvgIpc) is 3.23. The molecule has 4 rings (SSSR count). The molecule has 0 saturated carbocycles. The smallest absolute Gasteiger partial charge is 0.150 e. The fourth-order valence-corrected chi connectivity index (χ4v) is 4.75. The van der Waals surface area contributed by atoms with Crippen LogP contribution in [0.2, 0.25) is 0 Å². The maximum atomic E-state index is 11.6. The zero-order valence-electron chi connectivity index (χ0n) is 10.7. The van der Waals surface area contributed by atoms with Crippen molar-refractivity contribution in [2.24, 2.45) is 0 Å². The van der Waals surface area contributed by atoms with Crippen LogP contribution >= 0.6 is 0 Å². The number of ether oxygens (including phenoxy) is 2. The molecule has 0 radical (unpaired) electrons. The van der Waals surface area contributed by atoms with E-state index in [2.05, 4.69) is 6.07 Å². The topological polar surface area (TPSA) is 79.7 Å². The third-order valence-corrected chi connectivity index (χ3v) is 6.09. The summed E-state index contributed by atoms with van der Waals surface area (Å²) in [6, 6.07) is 7.41. The minimum Gasteiger partial charge on any atom is -0.484 e. The first kappa shape index (κ1) is 12.2. The molecule has 1 aromatic rings. The van der Waals surface area contributed by atoms with Crippen molar-refractivity contribution in [2.75, 3.05) is 11.5 Å². The molecule has 5 nitrogen and oxygen atoms in total. The number of nitriles is 1. The minimum absolute atomic E-state index is 0.0483. The van der Waals surface area contributed by atoms with E-state index in [0.717, 1.165) is 11.3 Å². The summed E-state index contributed by atoms with van der Waals surface area (Å²) in [4.78, 5) is 0. The predicted octanol–water partition coefficient (Wildman–Crippen LogP) is 1.34. The van der Waals surface area contributed by atoms with Gasteiger partial charge in [-0.15, -0.1) is 0 Å². The van der Waals surface area contributed by atoms with E-state index >= 15 is 0 Å². The zero-order valence-corrected chi connectivity index (χ0v) is 11.5. The van der Waals surface area contributed by atoms with Crippen LogP contribution in [0.4, 0.5) is 0 Å². The molecular formula is C14H13NO4S. The molecule has 0 bridgehead atoms. The summed E-state index contributed by atoms with van der Waals surface area (Å²) in [5, 5.41) is 8.94. The van der Waals surface area contributed by atoms with Gasteiger partial charge in [0.15, 0.2) is 9.84 Å². The van der Waals surface area contributed by atoms with Gasteiger partial charge < -0.3 is 9.47 Å². The Hall–Kier alpha value is -1.58. The fraction of sp³-hybridized carbons (Fsp3) is 0.500. The maximum Gasteiger partial charge on any atom is 0.150 e. The third-order valence-electron chi connectivity index (χ3n) is 4.44. The Morgan fingerprint density at radius 1 is 1.30 bits per heavy atom. The van der Waals surface area contributed by atoms with Gasteiger partial charge in [-0.05, 0) is 18.2 Å². The Labute approximate surface area is 117 Å². The van der Waals surface area contributed by atoms with Gasteiger partial charge in [0, 0.05) is 18.4 Å². The Kier molecular flexibility index (Phi) is 2.28. The second-order valence-electron chi connectivity index (χ2n) is 5.66. The molecule has 0 aliphatic carbocycles. The van der Waals surface area contributed by atoms with Crippen molar-refractivity contribution in [3.8, 4) is 11.8 Å². The van der Waals surface area contributed by atoms with Crippen LogP contribution in [0.25, 0.3) is 0 Å². The molecule has 1 spiro atoms. The standard InChI is InChI=1S/C14H13NO4S/c15-8-9-1-2-11-10(7-9)12-13(18-12)14(19-11)3-5-20(16,17)6-4-14/h1-2,7,12-13H,3-6H2/t12-,13?/m0/s1. The monoisotopic (exact) mass is 291 g/mol. The normalized spacial score (nSPS) is 31.6. The second kappa shape index (κ2) is 3.74. The number of rotatable bonds is 0. The van der Waals surface area contributed by atoms with E-state index < -0.39 is 15.4 Å². The van der Waals surface area contributed by atoms with Crippen molar-refractivity contribution < 1.29 is 17.9 Å². The first-order valence-electron chi connectivity index (χ1n) is 6.62. The first-order valence-corrected chi connectivity index (χ1v) is 8.44. The van der Waals surface area contributed by atoms with Gasteiger partial charge in [0.25, 0.3) is 0 Å². The highest BCUT2D eigenvalue weighted by Crippen LogP contribution is 2.57. The summed E-state index contributed by atoms with van der Waals surface area (Å²) in [7, 11) is -2.93. The fourth-order valence-electron chi connectivity index (χ4n) is 3.23. The van der Waals surface area contributed by atoms with Gasteiger partial charge in [-0.2, -0.15) is 5.26 Å². The van der Waals surface area contributed by atoms with E-state index in [-0.39, 0.29) is 23.7 Å². The zero-order chi connectivity index (χ0) is 14.0. The Morgan fingerprint density at radius 3 is 2.75 bits per heavy atom. The number of fused-ring (bicyclic) bond motifs is 4. The van der Waals surface area contributed by atoms with Crippen molar-refractivity contribution in [1.82, 2.24) is 0 Å². The molecule has 3 heterocycles. The number of epoxide rings is 1. The SMILES string of the molecule is N#Cc1ccc2c(c1)[C@@H]1OC1C1(CCS(=O)(=O)CC1)O2. The second-order valence-corrected chi connectivity index (χ2v) is 7.96. The van der Waals surface area contributed by atoms with Crippen LogP contribution in [-0.4, -0.2) is 31.6 Å². The van der Waals surface area contributed by atoms with Crippen LogP contribution in [0, 0.1) is 11.3 Å². The number of benzene rings is 1. The molecule has 0 N–H and O–H groups in total. The summed E-state index contributed by atoms with van der Waals surface area (Å²) >= 11 is 0. The summed E-state index contributed by atoms with van der Waals surface area (Å²) < 4.78 is 35.0. The molecule has 6 heteroatoms. The van der Waals surface area contributed by atoms with Gasteiger partial charge in [-0.1, -0.05) is 0 Å². The van der Waals surface area contributed by atoms with Crippen molar-refractivity contribution in [3.05, 3.63) is 29.3 Å². The van der Waals surface area contributed by atoms with Crippen LogP contribution in [0.1, 0.15) is 30.1 Å². The van der Waals surface area contributed by atoms with E-state index in [0.29, 0.717) is 18.4 Å². The lowest BCUT2D eigenvalue weighted by Crippen LogP contribution is -2.50. The van der Waals surface area contributed by atoms with Gasteiger partial charge in [-0.3, -0.25) is 0 Å². The minimum atomic E-state index is -2.93. The molecule has 0 aromatic heterocycles. The number of hydrogen-bond acceptors (Lipinski definition) is 5. The largest absolute Gasteiger partial charge is 0.484 e. The summed E-state index contributed by atoms with van der Waals surface area (Å²) in [5.74, 6) is 1.04. The lowest BCUT2D eigenvalue weighted by atomic mass is 9.86. The molecule has 0 amide bonds. The third kappa shape index (κ3) is 1.67. The molecule has 2 atom stereocenters. The molecular weight excluding hydrogens is 278 g/mol. The van der Waals surface area contributed by atoms with Crippen LogP contribution in [0.15, 0.2) is 18.2 Å².